The van der Waals surface area contributed by atoms with Gasteiger partial charge in [0, 0.05) is 44.6 Å². The van der Waals surface area contributed by atoms with Crippen molar-refractivity contribution in [3.05, 3.63) is 60.7 Å². The van der Waals surface area contributed by atoms with E-state index < -0.39 is 10.0 Å². The van der Waals surface area contributed by atoms with Crippen molar-refractivity contribution in [2.24, 2.45) is 0 Å². The van der Waals surface area contributed by atoms with Gasteiger partial charge in [-0.1, -0.05) is 13.3 Å². The molecule has 3 heterocycles. The Bertz CT molecular complexity index is 1120. The van der Waals surface area contributed by atoms with Gasteiger partial charge in [0.2, 0.25) is 10.0 Å². The second-order valence-corrected chi connectivity index (χ2v) is 9.72. The molecule has 8 nitrogen and oxygen atoms in total. The lowest BCUT2D eigenvalue weighted by atomic mass is 10.3. The number of anilines is 1. The summed E-state index contributed by atoms with van der Waals surface area (Å²) in [6.07, 6.45) is 5.91. The van der Waals surface area contributed by atoms with E-state index in [1.165, 1.54) is 4.31 Å². The molecule has 0 bridgehead atoms. The van der Waals surface area contributed by atoms with E-state index in [1.807, 2.05) is 42.1 Å². The van der Waals surface area contributed by atoms with Crippen molar-refractivity contribution < 1.29 is 13.2 Å². The highest BCUT2D eigenvalue weighted by Gasteiger charge is 2.29. The first-order valence-electron chi connectivity index (χ1n) is 10.9. The fourth-order valence-electron chi connectivity index (χ4n) is 3.67. The van der Waals surface area contributed by atoms with Crippen LogP contribution in [0.25, 0.3) is 5.82 Å². The van der Waals surface area contributed by atoms with Gasteiger partial charge >= 0.3 is 0 Å². The molecule has 4 rings (SSSR count). The molecule has 0 spiro atoms. The van der Waals surface area contributed by atoms with E-state index >= 15 is 0 Å². The van der Waals surface area contributed by atoms with E-state index in [-0.39, 0.29) is 0 Å². The fourth-order valence-corrected chi connectivity index (χ4v) is 5.09. The summed E-state index contributed by atoms with van der Waals surface area (Å²) in [6.45, 7) is 6.55. The highest BCUT2D eigenvalue weighted by atomic mass is 32.2. The highest BCUT2D eigenvalue weighted by Crippen LogP contribution is 2.23. The summed E-state index contributed by atoms with van der Waals surface area (Å²) >= 11 is 0. The number of piperazine rings is 1. The highest BCUT2D eigenvalue weighted by molar-refractivity contribution is 7.89. The van der Waals surface area contributed by atoms with Crippen molar-refractivity contribution in [1.29, 1.82) is 0 Å². The lowest BCUT2D eigenvalue weighted by molar-refractivity contribution is 0.309. The van der Waals surface area contributed by atoms with Gasteiger partial charge in [-0.3, -0.25) is 0 Å². The van der Waals surface area contributed by atoms with Crippen molar-refractivity contribution in [2.45, 2.75) is 31.6 Å². The minimum atomic E-state index is -3.55. The summed E-state index contributed by atoms with van der Waals surface area (Å²) in [6, 6.07) is 12.5. The molecule has 1 saturated heterocycles. The standard InChI is InChI=1S/C23H29N5O3S/c1-3-4-17-31-20-7-9-21(10-8-20)32(29,30)28-15-13-27(14-16-28)23-18-22(24-19(2)25-23)26-11-5-6-12-26/h5-12,18H,3-4,13-17H2,1-2H3. The van der Waals surface area contributed by atoms with E-state index in [9.17, 15) is 8.42 Å². The van der Waals surface area contributed by atoms with Crippen LogP contribution in [0.2, 0.25) is 0 Å². The number of aryl methyl sites for hydroxylation is 1. The molecular weight excluding hydrogens is 426 g/mol. The summed E-state index contributed by atoms with van der Waals surface area (Å²) in [5.41, 5.74) is 0. The molecule has 32 heavy (non-hydrogen) atoms. The van der Waals surface area contributed by atoms with Crippen LogP contribution in [0.15, 0.2) is 59.8 Å². The van der Waals surface area contributed by atoms with Crippen LogP contribution in [-0.4, -0.2) is 60.0 Å². The smallest absolute Gasteiger partial charge is 0.243 e. The SMILES string of the molecule is CCCCOc1ccc(S(=O)(=O)N2CCN(c3cc(-n4cccc4)nc(C)n3)CC2)cc1. The van der Waals surface area contributed by atoms with Gasteiger partial charge in [0.05, 0.1) is 11.5 Å². The van der Waals surface area contributed by atoms with E-state index in [2.05, 4.69) is 21.8 Å². The average molecular weight is 456 g/mol. The van der Waals surface area contributed by atoms with Crippen LogP contribution in [0.1, 0.15) is 25.6 Å². The van der Waals surface area contributed by atoms with Gasteiger partial charge in [-0.05, 0) is 49.7 Å². The number of hydrogen-bond acceptors (Lipinski definition) is 6. The summed E-state index contributed by atoms with van der Waals surface area (Å²) in [5, 5.41) is 0. The van der Waals surface area contributed by atoms with Gasteiger partial charge in [-0.15, -0.1) is 0 Å². The summed E-state index contributed by atoms with van der Waals surface area (Å²) in [5.74, 6) is 2.99. The van der Waals surface area contributed by atoms with Crippen LogP contribution in [-0.2, 0) is 10.0 Å². The topological polar surface area (TPSA) is 80.6 Å². The predicted octanol–water partition coefficient (Wildman–Crippen LogP) is 3.27. The van der Waals surface area contributed by atoms with Crippen molar-refractivity contribution in [2.75, 3.05) is 37.7 Å². The number of ether oxygens (including phenoxy) is 1. The lowest BCUT2D eigenvalue weighted by Gasteiger charge is -2.34. The molecule has 0 aliphatic carbocycles. The predicted molar refractivity (Wildman–Crippen MR) is 124 cm³/mol. The van der Waals surface area contributed by atoms with Crippen molar-refractivity contribution in [3.8, 4) is 11.6 Å². The molecule has 3 aromatic rings. The van der Waals surface area contributed by atoms with E-state index in [0.29, 0.717) is 49.3 Å². The third kappa shape index (κ3) is 4.94. The molecule has 1 aliphatic rings. The zero-order chi connectivity index (χ0) is 22.6. The Morgan fingerprint density at radius 1 is 0.969 bits per heavy atom. The number of benzene rings is 1. The molecule has 9 heteroatoms. The summed E-state index contributed by atoms with van der Waals surface area (Å²) in [7, 11) is -3.55. The first-order valence-corrected chi connectivity index (χ1v) is 12.4. The van der Waals surface area contributed by atoms with Gasteiger partial charge in [0.15, 0.2) is 0 Å². The maximum absolute atomic E-state index is 13.1. The van der Waals surface area contributed by atoms with Crippen molar-refractivity contribution in [1.82, 2.24) is 18.8 Å². The largest absolute Gasteiger partial charge is 0.494 e. The van der Waals surface area contributed by atoms with Crippen molar-refractivity contribution in [3.63, 3.8) is 0 Å². The molecular formula is C23H29N5O3S. The van der Waals surface area contributed by atoms with E-state index in [4.69, 9.17) is 4.74 Å². The molecule has 2 aromatic heterocycles. The van der Waals surface area contributed by atoms with Gasteiger partial charge in [0.1, 0.15) is 23.2 Å². The zero-order valence-electron chi connectivity index (χ0n) is 18.5. The minimum Gasteiger partial charge on any atom is -0.494 e. The summed E-state index contributed by atoms with van der Waals surface area (Å²) in [4.78, 5) is 11.5. The van der Waals surface area contributed by atoms with Crippen molar-refractivity contribution >= 4 is 15.8 Å². The Morgan fingerprint density at radius 3 is 2.28 bits per heavy atom. The molecule has 0 N–H and O–H groups in total. The van der Waals surface area contributed by atoms with Crippen LogP contribution >= 0.6 is 0 Å². The Balaban J connectivity index is 1.42. The second kappa shape index (κ2) is 9.70. The lowest BCUT2D eigenvalue weighted by Crippen LogP contribution is -2.49. The van der Waals surface area contributed by atoms with Gasteiger partial charge in [0.25, 0.3) is 0 Å². The van der Waals surface area contributed by atoms with Crippen LogP contribution in [0.4, 0.5) is 5.82 Å². The number of nitrogens with zero attached hydrogens (tertiary/aromatic N) is 5. The van der Waals surface area contributed by atoms with Crippen LogP contribution < -0.4 is 9.64 Å². The quantitative estimate of drug-likeness (QED) is 0.485. The van der Waals surface area contributed by atoms with E-state index in [1.54, 1.807) is 24.3 Å². The third-order valence-electron chi connectivity index (χ3n) is 5.47. The maximum Gasteiger partial charge on any atom is 0.243 e. The fraction of sp³-hybridized carbons (Fsp3) is 0.391. The monoisotopic (exact) mass is 455 g/mol. The summed E-state index contributed by atoms with van der Waals surface area (Å²) < 4.78 is 35.3. The van der Waals surface area contributed by atoms with Gasteiger partial charge < -0.3 is 14.2 Å². The Hall–Kier alpha value is -2.91. The molecule has 0 saturated carbocycles. The number of rotatable bonds is 8. The zero-order valence-corrected chi connectivity index (χ0v) is 19.3. The second-order valence-electron chi connectivity index (χ2n) is 7.79. The van der Waals surface area contributed by atoms with E-state index in [0.717, 1.165) is 24.5 Å². The molecule has 1 fully saturated rings. The van der Waals surface area contributed by atoms with Crippen LogP contribution in [0, 0.1) is 6.92 Å². The first kappa shape index (κ1) is 22.3. The number of unbranched alkanes of at least 4 members (excludes halogenated alkanes) is 1. The van der Waals surface area contributed by atoms with Crippen LogP contribution in [0.3, 0.4) is 0 Å². The molecule has 0 amide bonds. The van der Waals surface area contributed by atoms with Gasteiger partial charge in [-0.25, -0.2) is 18.4 Å². The van der Waals surface area contributed by atoms with Crippen LogP contribution in [0.5, 0.6) is 5.75 Å². The normalized spacial score (nSPS) is 15.1. The number of hydrogen-bond donors (Lipinski definition) is 0. The number of sulfonamides is 1. The first-order chi connectivity index (χ1) is 15.5. The Morgan fingerprint density at radius 2 is 1.62 bits per heavy atom. The van der Waals surface area contributed by atoms with Gasteiger partial charge in [-0.2, -0.15) is 4.31 Å². The molecule has 1 aliphatic heterocycles. The maximum atomic E-state index is 13.1. The third-order valence-corrected chi connectivity index (χ3v) is 7.38. The Kier molecular flexibility index (Phi) is 6.76. The molecule has 0 radical (unpaired) electrons. The molecule has 1 aromatic carbocycles. The molecule has 0 unspecified atom stereocenters. The number of aromatic nitrogens is 3. The average Bonchev–Trinajstić information content (AvgIpc) is 3.34. The molecule has 170 valence electrons. The Labute approximate surface area is 189 Å². The molecule has 0 atom stereocenters. The minimum absolute atomic E-state index is 0.293.